The van der Waals surface area contributed by atoms with Crippen molar-refractivity contribution in [1.82, 2.24) is 24.7 Å². The van der Waals surface area contributed by atoms with Crippen LogP contribution in [0.15, 0.2) is 47.5 Å². The number of aryl methyl sites for hydroxylation is 1. The standard InChI is InChI=1S/C27H33N7O3/c1-18-4-6-19(7-5-18)14-20-16-29-25(30-20)23-24(35)27(36)34-17-21(33-10-12-37-13-11-33)15-22(26(34)31-23)32(3)9-8-28-2/h4-7,15-17,28,35H,8-14H2,1-3H3,(H,29,30). The summed E-state index contributed by atoms with van der Waals surface area (Å²) in [4.78, 5) is 30.1. The highest BCUT2D eigenvalue weighted by molar-refractivity contribution is 5.76. The van der Waals surface area contributed by atoms with Gasteiger partial charge in [-0.1, -0.05) is 29.8 Å². The molecular weight excluding hydrogens is 470 g/mol. The van der Waals surface area contributed by atoms with Gasteiger partial charge >= 0.3 is 5.56 Å². The molecule has 10 heteroatoms. The van der Waals surface area contributed by atoms with E-state index >= 15 is 0 Å². The minimum atomic E-state index is -0.533. The lowest BCUT2D eigenvalue weighted by Crippen LogP contribution is -2.37. The zero-order chi connectivity index (χ0) is 25.9. The van der Waals surface area contributed by atoms with E-state index in [0.29, 0.717) is 37.7 Å². The topological polar surface area (TPSA) is 111 Å². The molecule has 37 heavy (non-hydrogen) atoms. The molecule has 4 aromatic rings. The minimum Gasteiger partial charge on any atom is -0.501 e. The van der Waals surface area contributed by atoms with Crippen molar-refractivity contribution in [3.8, 4) is 17.3 Å². The molecule has 0 unspecified atom stereocenters. The molecule has 1 aliphatic rings. The van der Waals surface area contributed by atoms with E-state index in [0.717, 1.165) is 42.3 Å². The van der Waals surface area contributed by atoms with Crippen molar-refractivity contribution in [3.63, 3.8) is 0 Å². The van der Waals surface area contributed by atoms with E-state index in [4.69, 9.17) is 9.72 Å². The number of ether oxygens (including phenoxy) is 1. The fourth-order valence-electron chi connectivity index (χ4n) is 4.53. The van der Waals surface area contributed by atoms with Gasteiger partial charge in [-0.2, -0.15) is 0 Å². The number of benzene rings is 1. The first-order chi connectivity index (χ1) is 17.9. The second-order valence-electron chi connectivity index (χ2n) is 9.44. The highest BCUT2D eigenvalue weighted by Gasteiger charge is 2.22. The third kappa shape index (κ3) is 5.16. The van der Waals surface area contributed by atoms with Crippen LogP contribution in [0, 0.1) is 6.92 Å². The molecule has 0 spiro atoms. The van der Waals surface area contributed by atoms with Gasteiger partial charge in [-0.3, -0.25) is 9.20 Å². The van der Waals surface area contributed by atoms with Crippen LogP contribution in [0.5, 0.6) is 5.75 Å². The van der Waals surface area contributed by atoms with Crippen LogP contribution in [0.3, 0.4) is 0 Å². The highest BCUT2D eigenvalue weighted by Crippen LogP contribution is 2.30. The normalized spacial score (nSPS) is 13.9. The van der Waals surface area contributed by atoms with Crippen molar-refractivity contribution in [2.75, 3.05) is 63.3 Å². The lowest BCUT2D eigenvalue weighted by atomic mass is 10.1. The Bertz CT molecular complexity index is 1440. The van der Waals surface area contributed by atoms with Crippen molar-refractivity contribution >= 4 is 17.0 Å². The summed E-state index contributed by atoms with van der Waals surface area (Å²) < 4.78 is 6.94. The van der Waals surface area contributed by atoms with Gasteiger partial charge < -0.3 is 29.9 Å². The van der Waals surface area contributed by atoms with Crippen molar-refractivity contribution in [2.24, 2.45) is 0 Å². The Labute approximate surface area is 215 Å². The Morgan fingerprint density at radius 3 is 2.70 bits per heavy atom. The zero-order valence-electron chi connectivity index (χ0n) is 21.5. The first-order valence-corrected chi connectivity index (χ1v) is 12.5. The summed E-state index contributed by atoms with van der Waals surface area (Å²) >= 11 is 0. The van der Waals surface area contributed by atoms with E-state index in [1.165, 1.54) is 9.96 Å². The van der Waals surface area contributed by atoms with Gasteiger partial charge in [0.05, 0.1) is 24.6 Å². The third-order valence-corrected chi connectivity index (χ3v) is 6.72. The van der Waals surface area contributed by atoms with Crippen molar-refractivity contribution in [1.29, 1.82) is 0 Å². The lowest BCUT2D eigenvalue weighted by molar-refractivity contribution is 0.122. The van der Waals surface area contributed by atoms with Crippen LogP contribution in [0.1, 0.15) is 16.8 Å². The average molecular weight is 504 g/mol. The number of nitrogens with one attached hydrogen (secondary N) is 2. The first-order valence-electron chi connectivity index (χ1n) is 12.5. The Hall–Kier alpha value is -3.89. The van der Waals surface area contributed by atoms with E-state index in [9.17, 15) is 9.90 Å². The van der Waals surface area contributed by atoms with Gasteiger partial charge in [0.2, 0.25) is 5.75 Å². The number of imidazole rings is 1. The molecule has 0 atom stereocenters. The smallest absolute Gasteiger partial charge is 0.300 e. The van der Waals surface area contributed by atoms with Crippen LogP contribution in [-0.2, 0) is 11.2 Å². The predicted molar refractivity (Wildman–Crippen MR) is 145 cm³/mol. The van der Waals surface area contributed by atoms with Crippen LogP contribution < -0.4 is 20.7 Å². The Kier molecular flexibility index (Phi) is 7.11. The van der Waals surface area contributed by atoms with Gasteiger partial charge in [-0.25, -0.2) is 9.97 Å². The van der Waals surface area contributed by atoms with E-state index < -0.39 is 11.3 Å². The van der Waals surface area contributed by atoms with Gasteiger partial charge in [0.15, 0.2) is 17.2 Å². The van der Waals surface area contributed by atoms with Crippen LogP contribution in [-0.4, -0.2) is 77.9 Å². The molecule has 4 heterocycles. The van der Waals surface area contributed by atoms with Gasteiger partial charge in [0.1, 0.15) is 0 Å². The first kappa shape index (κ1) is 24.8. The highest BCUT2D eigenvalue weighted by atomic mass is 16.5. The number of aromatic amines is 1. The number of pyridine rings is 1. The second kappa shape index (κ2) is 10.6. The summed E-state index contributed by atoms with van der Waals surface area (Å²) in [6.07, 6.45) is 4.13. The molecule has 0 radical (unpaired) electrons. The van der Waals surface area contributed by atoms with Crippen LogP contribution >= 0.6 is 0 Å². The molecule has 0 amide bonds. The van der Waals surface area contributed by atoms with Gasteiger partial charge in [-0.05, 0) is 25.6 Å². The van der Waals surface area contributed by atoms with Gasteiger partial charge in [0.25, 0.3) is 0 Å². The van der Waals surface area contributed by atoms with Crippen LogP contribution in [0.2, 0.25) is 0 Å². The molecule has 3 N–H and O–H groups in total. The molecule has 0 bridgehead atoms. The number of likely N-dealkylation sites (N-methyl/N-ethyl adjacent to an activating group) is 2. The Morgan fingerprint density at radius 2 is 1.97 bits per heavy atom. The zero-order valence-corrected chi connectivity index (χ0v) is 21.5. The number of aromatic hydroxyl groups is 1. The largest absolute Gasteiger partial charge is 0.501 e. The second-order valence-corrected chi connectivity index (χ2v) is 9.44. The number of rotatable bonds is 8. The number of morpholine rings is 1. The Balaban J connectivity index is 1.58. The molecule has 5 rings (SSSR count). The molecule has 0 aliphatic carbocycles. The van der Waals surface area contributed by atoms with Crippen molar-refractivity contribution in [2.45, 2.75) is 13.3 Å². The molecule has 194 valence electrons. The molecule has 1 aliphatic heterocycles. The van der Waals surface area contributed by atoms with Crippen LogP contribution in [0.4, 0.5) is 11.4 Å². The quantitative estimate of drug-likeness (QED) is 0.336. The monoisotopic (exact) mass is 503 g/mol. The fraction of sp³-hybridized carbons (Fsp3) is 0.370. The SMILES string of the molecule is CNCCN(C)c1cc(N2CCOCC2)cn2c(=O)c(O)c(-c3ncc(Cc4ccc(C)cc4)[nH]3)nc12. The third-order valence-electron chi connectivity index (χ3n) is 6.72. The maximum atomic E-state index is 13.4. The molecule has 1 fully saturated rings. The van der Waals surface area contributed by atoms with Gasteiger partial charge in [0, 0.05) is 57.7 Å². The number of H-pyrrole nitrogens is 1. The summed E-state index contributed by atoms with van der Waals surface area (Å²) in [5.41, 5.74) is 4.96. The van der Waals surface area contributed by atoms with Crippen LogP contribution in [0.25, 0.3) is 17.2 Å². The van der Waals surface area contributed by atoms with Crippen molar-refractivity contribution in [3.05, 3.63) is 69.9 Å². The summed E-state index contributed by atoms with van der Waals surface area (Å²) in [6, 6.07) is 10.3. The number of aromatic nitrogens is 4. The molecule has 1 aromatic carbocycles. The minimum absolute atomic E-state index is 0.141. The lowest BCUT2D eigenvalue weighted by Gasteiger charge is -2.30. The molecule has 1 saturated heterocycles. The van der Waals surface area contributed by atoms with E-state index in [1.807, 2.05) is 14.1 Å². The molecule has 10 nitrogen and oxygen atoms in total. The van der Waals surface area contributed by atoms with E-state index in [2.05, 4.69) is 62.3 Å². The summed E-state index contributed by atoms with van der Waals surface area (Å²) in [5.74, 6) is -0.0722. The number of hydrogen-bond donors (Lipinski definition) is 3. The maximum absolute atomic E-state index is 13.4. The maximum Gasteiger partial charge on any atom is 0.300 e. The van der Waals surface area contributed by atoms with E-state index in [1.54, 1.807) is 12.4 Å². The number of anilines is 2. The summed E-state index contributed by atoms with van der Waals surface area (Å²) in [7, 11) is 3.88. The molecular formula is C27H33N7O3. The Morgan fingerprint density at radius 1 is 1.22 bits per heavy atom. The van der Waals surface area contributed by atoms with Gasteiger partial charge in [-0.15, -0.1) is 0 Å². The number of fused-ring (bicyclic) bond motifs is 1. The van der Waals surface area contributed by atoms with Crippen molar-refractivity contribution < 1.29 is 9.84 Å². The summed E-state index contributed by atoms with van der Waals surface area (Å²) in [5, 5.41) is 14.1. The number of nitrogens with zero attached hydrogens (tertiary/aromatic N) is 5. The molecule has 3 aromatic heterocycles. The number of hydrogen-bond acceptors (Lipinski definition) is 8. The predicted octanol–water partition coefficient (Wildman–Crippen LogP) is 2.18. The fourth-order valence-corrected chi connectivity index (χ4v) is 4.53. The summed E-state index contributed by atoms with van der Waals surface area (Å²) in [6.45, 7) is 6.25. The average Bonchev–Trinajstić information content (AvgIpc) is 3.38. The molecule has 0 saturated carbocycles. The van der Waals surface area contributed by atoms with E-state index in [-0.39, 0.29) is 5.69 Å².